The van der Waals surface area contributed by atoms with Gasteiger partial charge in [0.1, 0.15) is 0 Å². The topological polar surface area (TPSA) is 0 Å². The van der Waals surface area contributed by atoms with E-state index in [4.69, 9.17) is 0 Å². The molecule has 0 saturated heterocycles. The Hall–Kier alpha value is 0.817. The monoisotopic (exact) mass is 672 g/mol. The molecule has 192 valence electrons. The minimum atomic E-state index is -2.39. The molecule has 33 heavy (non-hydrogen) atoms. The molecule has 0 nitrogen and oxygen atoms in total. The molecular weight excluding hydrogens is 610 g/mol. The van der Waals surface area contributed by atoms with Gasteiger partial charge in [-0.15, -0.1) is 0 Å². The van der Waals surface area contributed by atoms with Crippen LogP contribution in [0.4, 0.5) is 0 Å². The quantitative estimate of drug-likeness (QED) is 0.114. The average Bonchev–Trinajstić information content (AvgIpc) is 2.85. The molecule has 0 bridgehead atoms. The van der Waals surface area contributed by atoms with Gasteiger partial charge in [-0.1, -0.05) is 0 Å². The summed E-state index contributed by atoms with van der Waals surface area (Å²) in [5.74, 6) is 0. The molecule has 1 rings (SSSR count). The summed E-state index contributed by atoms with van der Waals surface area (Å²) in [5.41, 5.74) is 1.90. The molecule has 0 saturated carbocycles. The average molecular weight is 670 g/mol. The molecule has 1 aromatic carbocycles. The zero-order chi connectivity index (χ0) is 24.4. The third kappa shape index (κ3) is 11.2. The van der Waals surface area contributed by atoms with Crippen LogP contribution in [0.3, 0.4) is 0 Å². The van der Waals surface area contributed by atoms with Gasteiger partial charge in [-0.05, 0) is 0 Å². The van der Waals surface area contributed by atoms with E-state index in [-0.39, 0.29) is 0 Å². The van der Waals surface area contributed by atoms with E-state index in [0.29, 0.717) is 0 Å². The Morgan fingerprint density at radius 3 is 1.24 bits per heavy atom. The van der Waals surface area contributed by atoms with Gasteiger partial charge in [-0.3, -0.25) is 0 Å². The van der Waals surface area contributed by atoms with Crippen molar-refractivity contribution in [2.75, 3.05) is 0 Å². The number of hydrogen-bond acceptors (Lipinski definition) is 0. The van der Waals surface area contributed by atoms with Crippen molar-refractivity contribution in [3.63, 3.8) is 0 Å². The zero-order valence-corrected chi connectivity index (χ0v) is 29.5. The van der Waals surface area contributed by atoms with Gasteiger partial charge in [-0.2, -0.15) is 0 Å². The van der Waals surface area contributed by atoms with Crippen molar-refractivity contribution in [2.24, 2.45) is 0 Å². The summed E-state index contributed by atoms with van der Waals surface area (Å²) < 4.78 is 13.4. The number of unbranched alkanes of at least 4 members (excludes halogenated alkanes) is 6. The van der Waals surface area contributed by atoms with E-state index in [0.717, 1.165) is 0 Å². The van der Waals surface area contributed by atoms with Crippen LogP contribution in [0.2, 0.25) is 26.6 Å². The standard InChI is InChI=1S/C7H6.6C4H9.2Sn/c1-7-5-3-2-4-6-7;6*1-3-4-2;;/h2-5H,1H2;6*1,3-4H2,2H3;;. The van der Waals surface area contributed by atoms with Gasteiger partial charge >= 0.3 is 220 Å². The molecule has 2 heteroatoms. The van der Waals surface area contributed by atoms with Crippen LogP contribution in [0.25, 0.3) is 0 Å². The molecule has 0 N–H and O–H groups in total. The van der Waals surface area contributed by atoms with E-state index in [9.17, 15) is 0 Å². The van der Waals surface area contributed by atoms with Crippen LogP contribution in [0.1, 0.15) is 124 Å². The van der Waals surface area contributed by atoms with Crippen LogP contribution in [-0.2, 0) is 4.44 Å². The SMILES string of the molecule is CCC[CH2][Sn]([CH2]CCC)([CH2]CCC)[CH2]c1cccc[c]1[Sn]([CH2]CCC)([CH2]CCC)[CH2]CCC. The first-order valence-corrected chi connectivity index (χ1v) is 30.7. The Kier molecular flexibility index (Phi) is 18.3. The van der Waals surface area contributed by atoms with Crippen molar-refractivity contribution in [1.82, 2.24) is 0 Å². The van der Waals surface area contributed by atoms with Crippen molar-refractivity contribution in [1.29, 1.82) is 0 Å². The molecule has 0 aliphatic heterocycles. The fourth-order valence-electron chi connectivity index (χ4n) is 6.22. The van der Waals surface area contributed by atoms with Gasteiger partial charge < -0.3 is 0 Å². The second-order valence-corrected chi connectivity index (χ2v) is 38.2. The summed E-state index contributed by atoms with van der Waals surface area (Å²) in [6.07, 6.45) is 17.3. The fraction of sp³-hybridized carbons (Fsp3) is 0.806. The Balaban J connectivity index is 3.47. The first-order valence-electron chi connectivity index (χ1n) is 15.1. The molecule has 0 fully saturated rings. The molecule has 0 heterocycles. The molecule has 0 spiro atoms. The summed E-state index contributed by atoms with van der Waals surface area (Å²) in [6, 6.07) is 10.2. The maximum absolute atomic E-state index is 2.68. The second-order valence-electron chi connectivity index (χ2n) is 11.2. The van der Waals surface area contributed by atoms with Crippen LogP contribution in [0.15, 0.2) is 24.3 Å². The summed E-state index contributed by atoms with van der Waals surface area (Å²) in [4.78, 5) is 0. The molecule has 0 aliphatic rings. The van der Waals surface area contributed by atoms with Gasteiger partial charge in [0.05, 0.1) is 0 Å². The van der Waals surface area contributed by atoms with Crippen molar-refractivity contribution >= 4 is 40.3 Å². The Morgan fingerprint density at radius 2 is 0.848 bits per heavy atom. The Labute approximate surface area is 218 Å². The van der Waals surface area contributed by atoms with Crippen molar-refractivity contribution < 1.29 is 0 Å². The van der Waals surface area contributed by atoms with E-state index in [1.54, 1.807) is 31.1 Å². The summed E-state index contributed by atoms with van der Waals surface area (Å²) in [7, 11) is 0. The van der Waals surface area contributed by atoms with Gasteiger partial charge in [0.2, 0.25) is 0 Å². The van der Waals surface area contributed by atoms with Gasteiger partial charge in [0, 0.05) is 0 Å². The first kappa shape index (κ1) is 31.8. The molecular formula is C31H60Sn2. The number of hydrogen-bond donors (Lipinski definition) is 0. The summed E-state index contributed by atoms with van der Waals surface area (Å²) >= 11 is -4.59. The molecule has 0 unspecified atom stereocenters. The van der Waals surface area contributed by atoms with E-state index < -0.39 is 36.8 Å². The van der Waals surface area contributed by atoms with Crippen LogP contribution in [-0.4, -0.2) is 36.8 Å². The Bertz CT molecular complexity index is 551. The molecule has 0 atom stereocenters. The van der Waals surface area contributed by atoms with Gasteiger partial charge in [0.25, 0.3) is 0 Å². The van der Waals surface area contributed by atoms with Crippen molar-refractivity contribution in [3.8, 4) is 0 Å². The molecule has 0 aliphatic carbocycles. The van der Waals surface area contributed by atoms with E-state index >= 15 is 0 Å². The molecule has 0 amide bonds. The van der Waals surface area contributed by atoms with Crippen LogP contribution in [0.5, 0.6) is 0 Å². The zero-order valence-electron chi connectivity index (χ0n) is 23.7. The minimum absolute atomic E-state index is 1.38. The number of rotatable bonds is 21. The van der Waals surface area contributed by atoms with E-state index in [1.807, 2.05) is 9.14 Å². The third-order valence-electron chi connectivity index (χ3n) is 8.36. The molecule has 0 aromatic heterocycles. The van der Waals surface area contributed by atoms with Crippen LogP contribution >= 0.6 is 0 Å². The predicted octanol–water partition coefficient (Wildman–Crippen LogP) is 10.7. The molecule has 0 radical (unpaired) electrons. The second kappa shape index (κ2) is 19.0. The maximum atomic E-state index is 2.68. The number of benzene rings is 1. The first-order chi connectivity index (χ1) is 16.1. The van der Waals surface area contributed by atoms with Gasteiger partial charge in [0.15, 0.2) is 0 Å². The van der Waals surface area contributed by atoms with Crippen LogP contribution < -0.4 is 3.58 Å². The predicted molar refractivity (Wildman–Crippen MR) is 160 cm³/mol. The Morgan fingerprint density at radius 1 is 0.485 bits per heavy atom. The van der Waals surface area contributed by atoms with Crippen LogP contribution in [0, 0.1) is 0 Å². The third-order valence-corrected chi connectivity index (χ3v) is 39.6. The van der Waals surface area contributed by atoms with Crippen molar-refractivity contribution in [2.45, 2.75) is 150 Å². The van der Waals surface area contributed by atoms with Crippen molar-refractivity contribution in [3.05, 3.63) is 29.8 Å². The molecule has 1 aromatic rings. The fourth-order valence-corrected chi connectivity index (χ4v) is 40.9. The van der Waals surface area contributed by atoms with Gasteiger partial charge in [-0.25, -0.2) is 0 Å². The normalized spacial score (nSPS) is 12.4. The van der Waals surface area contributed by atoms with E-state index in [2.05, 4.69) is 65.8 Å². The van der Waals surface area contributed by atoms with E-state index in [1.165, 1.54) is 77.0 Å². The summed E-state index contributed by atoms with van der Waals surface area (Å²) in [5, 5.41) is 0. The summed E-state index contributed by atoms with van der Waals surface area (Å²) in [6.45, 7) is 14.5.